The molecule has 0 spiro atoms. The molecule has 0 saturated carbocycles. The van der Waals surface area contributed by atoms with Crippen molar-refractivity contribution in [2.75, 3.05) is 13.2 Å². The molecule has 114 valence electrons. The molecule has 1 heterocycles. The average Bonchev–Trinajstić information content (AvgIpc) is 2.99. The minimum atomic E-state index is -3.73. The molecule has 0 atom stereocenters. The molecule has 0 aliphatic rings. The zero-order chi connectivity index (χ0) is 15.6. The van der Waals surface area contributed by atoms with Crippen LogP contribution in [0, 0.1) is 0 Å². The van der Waals surface area contributed by atoms with Gasteiger partial charge in [-0.1, -0.05) is 24.3 Å². The van der Waals surface area contributed by atoms with Gasteiger partial charge < -0.3 is 10.5 Å². The van der Waals surface area contributed by atoms with Crippen LogP contribution >= 0.6 is 0 Å². The zero-order valence-electron chi connectivity index (χ0n) is 11.7. The summed E-state index contributed by atoms with van der Waals surface area (Å²) in [7, 11) is -3.73. The fourth-order valence-electron chi connectivity index (χ4n) is 2.18. The third kappa shape index (κ3) is 2.44. The number of nitrogens with zero attached hydrogens (tertiary/aromatic N) is 2. The van der Waals surface area contributed by atoms with E-state index in [0.29, 0.717) is 29.8 Å². The summed E-state index contributed by atoms with van der Waals surface area (Å²) in [5.74, 6) is 0.567. The average molecular weight is 317 g/mol. The molecule has 0 fully saturated rings. The molecule has 0 unspecified atom stereocenters. The van der Waals surface area contributed by atoms with Crippen LogP contribution in [-0.4, -0.2) is 30.8 Å². The summed E-state index contributed by atoms with van der Waals surface area (Å²) in [6.07, 6.45) is 1.49. The van der Waals surface area contributed by atoms with Crippen molar-refractivity contribution in [3.8, 4) is 5.75 Å². The summed E-state index contributed by atoms with van der Waals surface area (Å²) < 4.78 is 31.9. The Labute approximate surface area is 128 Å². The van der Waals surface area contributed by atoms with Crippen LogP contribution in [0.2, 0.25) is 0 Å². The minimum Gasteiger partial charge on any atom is -0.492 e. The first-order chi connectivity index (χ1) is 10.6. The maximum atomic E-state index is 12.7. The predicted octanol–water partition coefficient (Wildman–Crippen LogP) is 1.61. The standard InChI is InChI=1S/C15H15N3O3S/c16-9-10-21-15-8-4-7-14-13(15)11-17-18(14)22(19,20)12-5-2-1-3-6-12/h1-8,11H,9-10,16H2. The molecule has 0 aliphatic carbocycles. The summed E-state index contributed by atoms with van der Waals surface area (Å²) in [6, 6.07) is 13.4. The van der Waals surface area contributed by atoms with Crippen molar-refractivity contribution < 1.29 is 13.2 Å². The lowest BCUT2D eigenvalue weighted by molar-refractivity contribution is 0.332. The highest BCUT2D eigenvalue weighted by Gasteiger charge is 2.21. The highest BCUT2D eigenvalue weighted by molar-refractivity contribution is 7.90. The first-order valence-corrected chi connectivity index (χ1v) is 8.19. The Balaban J connectivity index is 2.13. The number of fused-ring (bicyclic) bond motifs is 1. The quantitative estimate of drug-likeness (QED) is 0.772. The topological polar surface area (TPSA) is 87.2 Å². The van der Waals surface area contributed by atoms with Crippen LogP contribution in [0.1, 0.15) is 0 Å². The summed E-state index contributed by atoms with van der Waals surface area (Å²) in [4.78, 5) is 0.188. The van der Waals surface area contributed by atoms with Crippen molar-refractivity contribution in [1.82, 2.24) is 9.19 Å². The highest BCUT2D eigenvalue weighted by Crippen LogP contribution is 2.27. The number of ether oxygens (including phenoxy) is 1. The van der Waals surface area contributed by atoms with Gasteiger partial charge in [-0.15, -0.1) is 0 Å². The van der Waals surface area contributed by atoms with Crippen LogP contribution in [0.25, 0.3) is 10.9 Å². The molecule has 2 N–H and O–H groups in total. The Hall–Kier alpha value is -2.38. The van der Waals surface area contributed by atoms with Gasteiger partial charge in [0, 0.05) is 6.54 Å². The lowest BCUT2D eigenvalue weighted by atomic mass is 10.2. The van der Waals surface area contributed by atoms with Crippen LogP contribution in [0.3, 0.4) is 0 Å². The molecular formula is C15H15N3O3S. The molecule has 22 heavy (non-hydrogen) atoms. The van der Waals surface area contributed by atoms with E-state index >= 15 is 0 Å². The van der Waals surface area contributed by atoms with E-state index in [1.54, 1.807) is 36.4 Å². The van der Waals surface area contributed by atoms with Gasteiger partial charge in [-0.3, -0.25) is 0 Å². The van der Waals surface area contributed by atoms with Gasteiger partial charge in [0.2, 0.25) is 0 Å². The monoisotopic (exact) mass is 317 g/mol. The number of aromatic nitrogens is 2. The van der Waals surface area contributed by atoms with Crippen LogP contribution in [-0.2, 0) is 10.0 Å². The molecule has 6 nitrogen and oxygen atoms in total. The molecule has 0 bridgehead atoms. The zero-order valence-corrected chi connectivity index (χ0v) is 12.5. The minimum absolute atomic E-state index is 0.188. The van der Waals surface area contributed by atoms with Crippen molar-refractivity contribution in [1.29, 1.82) is 0 Å². The third-order valence-corrected chi connectivity index (χ3v) is 4.80. The Morgan fingerprint density at radius 3 is 2.59 bits per heavy atom. The Kier molecular flexibility index (Phi) is 3.82. The van der Waals surface area contributed by atoms with Crippen molar-refractivity contribution in [3.05, 3.63) is 54.7 Å². The molecule has 0 aliphatic heterocycles. The molecule has 2 aromatic carbocycles. The van der Waals surface area contributed by atoms with Gasteiger partial charge in [-0.05, 0) is 24.3 Å². The van der Waals surface area contributed by atoms with E-state index in [4.69, 9.17) is 10.5 Å². The number of benzene rings is 2. The highest BCUT2D eigenvalue weighted by atomic mass is 32.2. The van der Waals surface area contributed by atoms with Gasteiger partial charge in [-0.2, -0.15) is 17.6 Å². The number of hydrogen-bond acceptors (Lipinski definition) is 5. The largest absolute Gasteiger partial charge is 0.492 e. The number of hydrogen-bond donors (Lipinski definition) is 1. The predicted molar refractivity (Wildman–Crippen MR) is 83.3 cm³/mol. The van der Waals surface area contributed by atoms with Gasteiger partial charge in [-0.25, -0.2) is 0 Å². The van der Waals surface area contributed by atoms with Crippen LogP contribution in [0.5, 0.6) is 5.75 Å². The number of nitrogens with two attached hydrogens (primary N) is 1. The van der Waals surface area contributed by atoms with Gasteiger partial charge in [0.25, 0.3) is 10.0 Å². The molecule has 3 aromatic rings. The van der Waals surface area contributed by atoms with E-state index < -0.39 is 10.0 Å². The maximum Gasteiger partial charge on any atom is 0.283 e. The van der Waals surface area contributed by atoms with Crippen molar-refractivity contribution in [2.45, 2.75) is 4.90 Å². The van der Waals surface area contributed by atoms with Gasteiger partial charge in [0.1, 0.15) is 12.4 Å². The molecule has 1 aromatic heterocycles. The third-order valence-electron chi connectivity index (χ3n) is 3.19. The molecule has 3 rings (SSSR count). The SMILES string of the molecule is NCCOc1cccc2c1cnn2S(=O)(=O)c1ccccc1. The normalized spacial score (nSPS) is 11.7. The van der Waals surface area contributed by atoms with E-state index in [1.165, 1.54) is 18.3 Å². The van der Waals surface area contributed by atoms with Crippen LogP contribution in [0.15, 0.2) is 59.6 Å². The summed E-state index contributed by atoms with van der Waals surface area (Å²) in [5, 5.41) is 4.66. The molecule has 0 radical (unpaired) electrons. The fourth-order valence-corrected chi connectivity index (χ4v) is 3.47. The summed E-state index contributed by atoms with van der Waals surface area (Å²) >= 11 is 0. The van der Waals surface area contributed by atoms with E-state index in [1.807, 2.05) is 0 Å². The Morgan fingerprint density at radius 1 is 1.09 bits per heavy atom. The second-order valence-electron chi connectivity index (χ2n) is 4.63. The van der Waals surface area contributed by atoms with Gasteiger partial charge >= 0.3 is 0 Å². The first kappa shape index (κ1) is 14.6. The molecule has 7 heteroatoms. The summed E-state index contributed by atoms with van der Waals surface area (Å²) in [6.45, 7) is 0.739. The molecule has 0 amide bonds. The van der Waals surface area contributed by atoms with Gasteiger partial charge in [0.05, 0.1) is 22.0 Å². The lowest BCUT2D eigenvalue weighted by Gasteiger charge is -2.07. The molecular weight excluding hydrogens is 302 g/mol. The van der Waals surface area contributed by atoms with E-state index in [2.05, 4.69) is 5.10 Å². The van der Waals surface area contributed by atoms with E-state index in [9.17, 15) is 8.42 Å². The van der Waals surface area contributed by atoms with Crippen LogP contribution < -0.4 is 10.5 Å². The first-order valence-electron chi connectivity index (χ1n) is 6.75. The lowest BCUT2D eigenvalue weighted by Crippen LogP contribution is -2.14. The number of rotatable bonds is 5. The molecule has 0 saturated heterocycles. The maximum absolute atomic E-state index is 12.7. The van der Waals surface area contributed by atoms with E-state index in [0.717, 1.165) is 4.09 Å². The van der Waals surface area contributed by atoms with E-state index in [-0.39, 0.29) is 4.90 Å². The smallest absolute Gasteiger partial charge is 0.283 e. The second-order valence-corrected chi connectivity index (χ2v) is 6.40. The fraction of sp³-hybridized carbons (Fsp3) is 0.133. The van der Waals surface area contributed by atoms with Crippen molar-refractivity contribution in [3.63, 3.8) is 0 Å². The van der Waals surface area contributed by atoms with Crippen molar-refractivity contribution in [2.24, 2.45) is 5.73 Å². The Bertz CT molecular complexity index is 889. The summed E-state index contributed by atoms with van der Waals surface area (Å²) in [5.41, 5.74) is 5.90. The second kappa shape index (κ2) is 5.78. The van der Waals surface area contributed by atoms with Gasteiger partial charge in [0.15, 0.2) is 0 Å². The Morgan fingerprint density at radius 2 is 1.86 bits per heavy atom. The van der Waals surface area contributed by atoms with Crippen LogP contribution in [0.4, 0.5) is 0 Å². The van der Waals surface area contributed by atoms with Crippen molar-refractivity contribution >= 4 is 20.9 Å².